The van der Waals surface area contributed by atoms with Crippen LogP contribution in [0.5, 0.6) is 0 Å². The fraction of sp³-hybridized carbons (Fsp3) is 0. The van der Waals surface area contributed by atoms with Gasteiger partial charge in [0.05, 0.1) is 21.8 Å². The second kappa shape index (κ2) is 6.25. The summed E-state index contributed by atoms with van der Waals surface area (Å²) >= 11 is 0. The van der Waals surface area contributed by atoms with Crippen molar-refractivity contribution in [1.29, 1.82) is 0 Å². The number of nitrogens with zero attached hydrogens (tertiary/aromatic N) is 3. The third-order valence-corrected chi connectivity index (χ3v) is 4.14. The second-order valence-corrected chi connectivity index (χ2v) is 5.78. The quantitative estimate of drug-likeness (QED) is 0.337. The summed E-state index contributed by atoms with van der Waals surface area (Å²) in [5.41, 5.74) is 9.84. The molecule has 2 N–H and O–H groups in total. The van der Waals surface area contributed by atoms with E-state index in [2.05, 4.69) is 4.98 Å². The molecule has 0 saturated carbocycles. The van der Waals surface area contributed by atoms with Gasteiger partial charge in [-0.3, -0.25) is 10.1 Å². The third-order valence-electron chi connectivity index (χ3n) is 4.14. The van der Waals surface area contributed by atoms with Crippen LogP contribution in [0.1, 0.15) is 0 Å². The van der Waals surface area contributed by atoms with Crippen LogP contribution >= 0.6 is 0 Å². The lowest BCUT2D eigenvalue weighted by atomic mass is 10.0. The Morgan fingerprint density at radius 1 is 0.769 bits per heavy atom. The molecular weight excluding hydrogens is 328 g/mol. The number of nitro benzene ring substituents is 1. The van der Waals surface area contributed by atoms with Crippen LogP contribution in [-0.4, -0.2) is 14.9 Å². The lowest BCUT2D eigenvalue weighted by Gasteiger charge is -2.11. The first kappa shape index (κ1) is 15.7. The number of anilines is 1. The number of rotatable bonds is 3. The first-order valence-corrected chi connectivity index (χ1v) is 8.00. The van der Waals surface area contributed by atoms with Crippen molar-refractivity contribution in [2.75, 3.05) is 5.73 Å². The van der Waals surface area contributed by atoms with E-state index in [1.807, 2.05) is 60.7 Å². The molecule has 126 valence electrons. The predicted octanol–water partition coefficient (Wildman–Crippen LogP) is 4.45. The lowest BCUT2D eigenvalue weighted by Crippen LogP contribution is -2.01. The minimum Gasteiger partial charge on any atom is -0.391 e. The molecule has 0 bridgehead atoms. The number of hydrogen-bond acceptors (Lipinski definition) is 5. The van der Waals surface area contributed by atoms with Gasteiger partial charge in [0.2, 0.25) is 0 Å². The Labute approximate surface area is 149 Å². The van der Waals surface area contributed by atoms with Crippen LogP contribution in [0.25, 0.3) is 33.5 Å². The Balaban J connectivity index is 2.07. The zero-order valence-electron chi connectivity index (χ0n) is 13.7. The van der Waals surface area contributed by atoms with Crippen molar-refractivity contribution in [3.8, 4) is 22.5 Å². The maximum atomic E-state index is 11.2. The lowest BCUT2D eigenvalue weighted by molar-refractivity contribution is -0.383. The largest absolute Gasteiger partial charge is 0.391 e. The van der Waals surface area contributed by atoms with Gasteiger partial charge in [0, 0.05) is 17.2 Å². The fourth-order valence-electron chi connectivity index (χ4n) is 2.89. The van der Waals surface area contributed by atoms with E-state index in [0.29, 0.717) is 22.4 Å². The van der Waals surface area contributed by atoms with E-state index in [1.54, 1.807) is 6.07 Å². The number of nitro groups is 1. The fourth-order valence-corrected chi connectivity index (χ4v) is 2.89. The number of nitrogens with two attached hydrogens (primary N) is 1. The summed E-state index contributed by atoms with van der Waals surface area (Å²) in [7, 11) is 0. The number of hydrogen-bond donors (Lipinski definition) is 1. The maximum Gasteiger partial charge on any atom is 0.294 e. The van der Waals surface area contributed by atoms with E-state index in [4.69, 9.17) is 10.7 Å². The molecule has 3 aromatic carbocycles. The molecule has 0 aliphatic rings. The molecule has 26 heavy (non-hydrogen) atoms. The van der Waals surface area contributed by atoms with E-state index in [1.165, 1.54) is 6.07 Å². The SMILES string of the molecule is Nc1c([N+](=O)[O-])ccc2nc(-c3ccccc3)c(-c3ccccc3)nc12. The van der Waals surface area contributed by atoms with Crippen molar-refractivity contribution in [2.45, 2.75) is 0 Å². The van der Waals surface area contributed by atoms with Crippen LogP contribution in [0.3, 0.4) is 0 Å². The first-order chi connectivity index (χ1) is 12.6. The molecule has 4 aromatic rings. The molecule has 4 rings (SSSR count). The molecule has 0 atom stereocenters. The molecular formula is C20H14N4O2. The topological polar surface area (TPSA) is 94.9 Å². The molecule has 1 aromatic heterocycles. The van der Waals surface area contributed by atoms with E-state index >= 15 is 0 Å². The summed E-state index contributed by atoms with van der Waals surface area (Å²) in [5, 5.41) is 11.2. The highest BCUT2D eigenvalue weighted by atomic mass is 16.6. The molecule has 0 fully saturated rings. The van der Waals surface area contributed by atoms with E-state index < -0.39 is 4.92 Å². The van der Waals surface area contributed by atoms with Gasteiger partial charge in [0.15, 0.2) is 0 Å². The van der Waals surface area contributed by atoms with E-state index in [9.17, 15) is 10.1 Å². The van der Waals surface area contributed by atoms with Crippen LogP contribution in [0.4, 0.5) is 11.4 Å². The smallest absolute Gasteiger partial charge is 0.294 e. The summed E-state index contributed by atoms with van der Waals surface area (Å²) < 4.78 is 0. The Kier molecular flexibility index (Phi) is 3.78. The van der Waals surface area contributed by atoms with Gasteiger partial charge < -0.3 is 5.73 Å². The van der Waals surface area contributed by atoms with Gasteiger partial charge in [-0.15, -0.1) is 0 Å². The van der Waals surface area contributed by atoms with Gasteiger partial charge in [-0.05, 0) is 6.07 Å². The Hall–Kier alpha value is -3.80. The Morgan fingerprint density at radius 2 is 1.31 bits per heavy atom. The molecule has 0 aliphatic carbocycles. The van der Waals surface area contributed by atoms with Crippen molar-refractivity contribution in [3.05, 3.63) is 82.9 Å². The van der Waals surface area contributed by atoms with Gasteiger partial charge in [0.25, 0.3) is 5.69 Å². The highest BCUT2D eigenvalue weighted by molar-refractivity contribution is 5.95. The number of aromatic nitrogens is 2. The third kappa shape index (κ3) is 2.63. The highest BCUT2D eigenvalue weighted by Crippen LogP contribution is 2.34. The highest BCUT2D eigenvalue weighted by Gasteiger charge is 2.19. The van der Waals surface area contributed by atoms with Gasteiger partial charge in [-0.2, -0.15) is 0 Å². The summed E-state index contributed by atoms with van der Waals surface area (Å²) in [6, 6.07) is 22.2. The van der Waals surface area contributed by atoms with Crippen molar-refractivity contribution in [2.24, 2.45) is 0 Å². The van der Waals surface area contributed by atoms with E-state index in [0.717, 1.165) is 11.1 Å². The van der Waals surface area contributed by atoms with Crippen LogP contribution in [0.15, 0.2) is 72.8 Å². The number of fused-ring (bicyclic) bond motifs is 1. The normalized spacial score (nSPS) is 10.8. The van der Waals surface area contributed by atoms with Crippen LogP contribution in [0, 0.1) is 10.1 Å². The monoisotopic (exact) mass is 342 g/mol. The molecule has 0 saturated heterocycles. The molecule has 0 amide bonds. The second-order valence-electron chi connectivity index (χ2n) is 5.78. The van der Waals surface area contributed by atoms with Crippen LogP contribution in [-0.2, 0) is 0 Å². The Morgan fingerprint density at radius 3 is 1.85 bits per heavy atom. The standard InChI is InChI=1S/C20H14N4O2/c21-17-16(24(25)26)12-11-15-20(17)23-19(14-9-5-2-6-10-14)18(22-15)13-7-3-1-4-8-13/h1-12H,21H2. The maximum absolute atomic E-state index is 11.2. The summed E-state index contributed by atoms with van der Waals surface area (Å²) in [4.78, 5) is 20.1. The summed E-state index contributed by atoms with van der Waals surface area (Å²) in [6.45, 7) is 0. The molecule has 0 radical (unpaired) electrons. The molecule has 0 unspecified atom stereocenters. The molecule has 0 spiro atoms. The minimum absolute atomic E-state index is 0.0248. The first-order valence-electron chi connectivity index (χ1n) is 8.00. The van der Waals surface area contributed by atoms with E-state index in [-0.39, 0.29) is 11.4 Å². The van der Waals surface area contributed by atoms with Crippen molar-refractivity contribution in [3.63, 3.8) is 0 Å². The Bertz CT molecular complexity index is 1110. The number of nitrogen functional groups attached to an aromatic ring is 1. The minimum atomic E-state index is -0.510. The molecule has 1 heterocycles. The van der Waals surface area contributed by atoms with Crippen molar-refractivity contribution >= 4 is 22.4 Å². The predicted molar refractivity (Wildman–Crippen MR) is 101 cm³/mol. The number of benzene rings is 3. The van der Waals surface area contributed by atoms with Crippen molar-refractivity contribution in [1.82, 2.24) is 9.97 Å². The van der Waals surface area contributed by atoms with Crippen LogP contribution in [0.2, 0.25) is 0 Å². The molecule has 6 heteroatoms. The van der Waals surface area contributed by atoms with Gasteiger partial charge in [0.1, 0.15) is 11.2 Å². The summed E-state index contributed by atoms with van der Waals surface area (Å²) in [6.07, 6.45) is 0. The average Bonchev–Trinajstić information content (AvgIpc) is 2.68. The molecule has 0 aliphatic heterocycles. The van der Waals surface area contributed by atoms with Gasteiger partial charge >= 0.3 is 0 Å². The van der Waals surface area contributed by atoms with Gasteiger partial charge in [-0.25, -0.2) is 9.97 Å². The summed E-state index contributed by atoms with van der Waals surface area (Å²) in [5.74, 6) is 0. The van der Waals surface area contributed by atoms with Crippen LogP contribution < -0.4 is 5.73 Å². The van der Waals surface area contributed by atoms with Gasteiger partial charge in [-0.1, -0.05) is 60.7 Å². The average molecular weight is 342 g/mol. The van der Waals surface area contributed by atoms with Crippen molar-refractivity contribution < 1.29 is 4.92 Å². The molecule has 6 nitrogen and oxygen atoms in total. The zero-order valence-corrected chi connectivity index (χ0v) is 13.7. The zero-order chi connectivity index (χ0) is 18.1.